The molecule has 0 bridgehead atoms. The molecule has 11 nitrogen and oxygen atoms in total. The summed E-state index contributed by atoms with van der Waals surface area (Å²) in [5, 5.41) is 13.2. The van der Waals surface area contributed by atoms with Gasteiger partial charge in [0.05, 0.1) is 7.11 Å². The summed E-state index contributed by atoms with van der Waals surface area (Å²) in [7, 11) is 1.59. The molecule has 0 aliphatic carbocycles. The van der Waals surface area contributed by atoms with E-state index in [1.165, 1.54) is 24.4 Å². The normalized spacial score (nSPS) is 13.6. The van der Waals surface area contributed by atoms with Crippen molar-refractivity contribution in [2.24, 2.45) is 0 Å². The Morgan fingerprint density at radius 2 is 1.94 bits per heavy atom. The fourth-order valence-electron chi connectivity index (χ4n) is 4.01. The highest BCUT2D eigenvalue weighted by Gasteiger charge is 2.17. The first kappa shape index (κ1) is 23.7. The van der Waals surface area contributed by atoms with Crippen LogP contribution in [0.2, 0.25) is 0 Å². The first-order valence-electron chi connectivity index (χ1n) is 11.6. The number of anilines is 3. The molecule has 3 N–H and O–H groups in total. The molecule has 0 unspecified atom stereocenters. The maximum atomic E-state index is 13.0. The molecule has 1 aliphatic rings. The maximum Gasteiger partial charge on any atom is 0.281 e. The van der Waals surface area contributed by atoms with E-state index in [1.54, 1.807) is 37.4 Å². The monoisotopic (exact) mass is 506 g/mol. The van der Waals surface area contributed by atoms with E-state index in [0.717, 1.165) is 35.6 Å². The van der Waals surface area contributed by atoms with Gasteiger partial charge >= 0.3 is 0 Å². The van der Waals surface area contributed by atoms with E-state index in [9.17, 15) is 4.79 Å². The van der Waals surface area contributed by atoms with Crippen molar-refractivity contribution in [2.45, 2.75) is 12.8 Å². The van der Waals surface area contributed by atoms with Gasteiger partial charge in [0.1, 0.15) is 12.3 Å². The number of nitrogens with one attached hydrogen (secondary N) is 1. The van der Waals surface area contributed by atoms with Gasteiger partial charge in [-0.25, -0.2) is 0 Å². The largest absolute Gasteiger partial charge is 0.493 e. The van der Waals surface area contributed by atoms with E-state index in [4.69, 9.17) is 15.2 Å². The molecule has 1 saturated heterocycles. The van der Waals surface area contributed by atoms with Crippen LogP contribution in [0.4, 0.5) is 17.6 Å². The summed E-state index contributed by atoms with van der Waals surface area (Å²) >= 11 is 1.27. The van der Waals surface area contributed by atoms with Crippen LogP contribution in [0.5, 0.6) is 11.5 Å². The third kappa shape index (κ3) is 5.29. The van der Waals surface area contributed by atoms with Crippen LogP contribution in [0, 0.1) is 0 Å². The van der Waals surface area contributed by atoms with Crippen LogP contribution in [0.25, 0.3) is 11.3 Å². The molecular formula is C24H26N8O3S. The third-order valence-corrected chi connectivity index (χ3v) is 6.40. The van der Waals surface area contributed by atoms with E-state index in [0.29, 0.717) is 29.4 Å². The molecule has 1 fully saturated rings. The fraction of sp³-hybridized carbons (Fsp3) is 0.292. The van der Waals surface area contributed by atoms with Crippen LogP contribution in [-0.4, -0.2) is 68.5 Å². The standard InChI is InChI=1S/C24H26N8O3S/c1-34-21-14-18(8-9-20(21)35-13-12-31-10-2-3-11-31)26-24-27-23(25)32(29-24)22(33)17-6-4-16(5-7-17)19-15-36-30-28-19/h4-9,14-15H,2-3,10-13H2,1H3,(H3,25,26,27,29). The number of hydrogen-bond acceptors (Lipinski definition) is 11. The predicted octanol–water partition coefficient (Wildman–Crippen LogP) is 3.29. The van der Waals surface area contributed by atoms with Crippen molar-refractivity contribution in [3.8, 4) is 22.8 Å². The first-order chi connectivity index (χ1) is 17.6. The van der Waals surface area contributed by atoms with E-state index in [1.807, 2.05) is 17.5 Å². The van der Waals surface area contributed by atoms with Gasteiger partial charge in [0.2, 0.25) is 11.9 Å². The number of likely N-dealkylation sites (tertiary alicyclic amines) is 1. The Morgan fingerprint density at radius 1 is 1.14 bits per heavy atom. The minimum Gasteiger partial charge on any atom is -0.493 e. The summed E-state index contributed by atoms with van der Waals surface area (Å²) in [4.78, 5) is 19.5. The van der Waals surface area contributed by atoms with E-state index in [2.05, 4.69) is 29.9 Å². The SMILES string of the molecule is COc1cc(Nc2nc(N)n(C(=O)c3ccc(-c4csnn4)cc3)n2)ccc1OCCN1CCCC1. The number of nitrogens with two attached hydrogens (primary N) is 1. The van der Waals surface area contributed by atoms with Crippen LogP contribution in [0.3, 0.4) is 0 Å². The highest BCUT2D eigenvalue weighted by atomic mass is 32.1. The molecule has 1 aliphatic heterocycles. The van der Waals surface area contributed by atoms with E-state index in [-0.39, 0.29) is 11.9 Å². The molecule has 2 aromatic heterocycles. The van der Waals surface area contributed by atoms with E-state index >= 15 is 0 Å². The number of nitrogen functional groups attached to an aromatic ring is 1. The van der Waals surface area contributed by atoms with Crippen LogP contribution >= 0.6 is 11.5 Å². The zero-order chi connectivity index (χ0) is 24.9. The number of carbonyl (C=O) groups excluding carboxylic acids is 1. The number of carbonyl (C=O) groups is 1. The second-order valence-corrected chi connectivity index (χ2v) is 8.88. The minimum absolute atomic E-state index is 0.0240. The molecule has 5 rings (SSSR count). The van der Waals surface area contributed by atoms with Crippen molar-refractivity contribution in [1.82, 2.24) is 29.3 Å². The fourth-order valence-corrected chi connectivity index (χ4v) is 4.47. The second-order valence-electron chi connectivity index (χ2n) is 8.27. The second kappa shape index (κ2) is 10.7. The number of benzene rings is 2. The lowest BCUT2D eigenvalue weighted by Gasteiger charge is -2.16. The summed E-state index contributed by atoms with van der Waals surface area (Å²) in [5.41, 5.74) is 8.70. The molecule has 0 amide bonds. The molecule has 0 atom stereocenters. The van der Waals surface area contributed by atoms with Crippen molar-refractivity contribution in [3.05, 3.63) is 53.4 Å². The number of methoxy groups -OCH3 is 1. The zero-order valence-electron chi connectivity index (χ0n) is 19.8. The van der Waals surface area contributed by atoms with Gasteiger partial charge < -0.3 is 20.5 Å². The molecule has 36 heavy (non-hydrogen) atoms. The average Bonchev–Trinajstić information content (AvgIpc) is 3.67. The summed E-state index contributed by atoms with van der Waals surface area (Å²) in [6.07, 6.45) is 2.50. The van der Waals surface area contributed by atoms with Crippen molar-refractivity contribution < 1.29 is 14.3 Å². The topological polar surface area (TPSA) is 133 Å². The quantitative estimate of drug-likeness (QED) is 0.348. The first-order valence-corrected chi connectivity index (χ1v) is 12.4. The third-order valence-electron chi connectivity index (χ3n) is 5.90. The summed E-state index contributed by atoms with van der Waals surface area (Å²) in [5.74, 6) is 1.02. The molecule has 186 valence electrons. The number of aromatic nitrogens is 5. The Bertz CT molecular complexity index is 1320. The summed E-state index contributed by atoms with van der Waals surface area (Å²) in [6, 6.07) is 12.4. The Kier molecular flexibility index (Phi) is 7.05. The van der Waals surface area contributed by atoms with Gasteiger partial charge in [-0.1, -0.05) is 16.6 Å². The highest BCUT2D eigenvalue weighted by Crippen LogP contribution is 2.31. The lowest BCUT2D eigenvalue weighted by molar-refractivity contribution is 0.0948. The molecule has 3 heterocycles. The van der Waals surface area contributed by atoms with E-state index < -0.39 is 5.91 Å². The van der Waals surface area contributed by atoms with Crippen molar-refractivity contribution in [2.75, 3.05) is 44.4 Å². The smallest absolute Gasteiger partial charge is 0.281 e. The summed E-state index contributed by atoms with van der Waals surface area (Å²) in [6.45, 7) is 3.74. The van der Waals surface area contributed by atoms with Gasteiger partial charge in [-0.05, 0) is 61.7 Å². The van der Waals surface area contributed by atoms with Crippen LogP contribution in [-0.2, 0) is 0 Å². The van der Waals surface area contributed by atoms with Gasteiger partial charge in [-0.3, -0.25) is 9.69 Å². The van der Waals surface area contributed by atoms with Gasteiger partial charge in [-0.2, -0.15) is 9.67 Å². The molecular weight excluding hydrogens is 480 g/mol. The Balaban J connectivity index is 1.24. The van der Waals surface area contributed by atoms with Gasteiger partial charge in [0.15, 0.2) is 11.5 Å². The van der Waals surface area contributed by atoms with Crippen LogP contribution in [0.15, 0.2) is 47.8 Å². The number of hydrogen-bond donors (Lipinski definition) is 2. The Labute approximate surface area is 212 Å². The number of rotatable bonds is 9. The molecule has 2 aromatic carbocycles. The molecule has 4 aromatic rings. The Hall–Kier alpha value is -4.03. The Morgan fingerprint density at radius 3 is 2.67 bits per heavy atom. The van der Waals surface area contributed by atoms with Crippen molar-refractivity contribution in [3.63, 3.8) is 0 Å². The lowest BCUT2D eigenvalue weighted by Crippen LogP contribution is -2.25. The predicted molar refractivity (Wildman–Crippen MR) is 137 cm³/mol. The number of nitrogens with zero attached hydrogens (tertiary/aromatic N) is 6. The average molecular weight is 507 g/mol. The van der Waals surface area contributed by atoms with Gasteiger partial charge in [-0.15, -0.1) is 10.2 Å². The lowest BCUT2D eigenvalue weighted by atomic mass is 10.1. The van der Waals surface area contributed by atoms with Crippen molar-refractivity contribution >= 4 is 35.0 Å². The molecule has 0 spiro atoms. The number of ether oxygens (including phenoxy) is 2. The maximum absolute atomic E-state index is 13.0. The highest BCUT2D eigenvalue weighted by molar-refractivity contribution is 7.03. The molecule has 0 radical (unpaired) electrons. The van der Waals surface area contributed by atoms with Gasteiger partial charge in [0, 0.05) is 34.8 Å². The van der Waals surface area contributed by atoms with Crippen molar-refractivity contribution in [1.29, 1.82) is 0 Å². The zero-order valence-corrected chi connectivity index (χ0v) is 20.6. The summed E-state index contributed by atoms with van der Waals surface area (Å²) < 4.78 is 16.3. The van der Waals surface area contributed by atoms with Gasteiger partial charge in [0.25, 0.3) is 5.91 Å². The van der Waals surface area contributed by atoms with Crippen LogP contribution in [0.1, 0.15) is 23.2 Å². The molecule has 0 saturated carbocycles. The van der Waals surface area contributed by atoms with Crippen LogP contribution < -0.4 is 20.5 Å². The minimum atomic E-state index is -0.393. The molecule has 12 heteroatoms.